The van der Waals surface area contributed by atoms with Gasteiger partial charge >= 0.3 is 0 Å². The SMILES string of the molecule is CN(CC(O)C(O)C(O)C(O)CO)N=Nc1nc[nH]c1C(N)=O. The van der Waals surface area contributed by atoms with E-state index in [2.05, 4.69) is 20.3 Å². The number of hydrogen-bond acceptors (Lipinski definition) is 9. The largest absolute Gasteiger partial charge is 0.394 e. The number of imidazole rings is 1. The van der Waals surface area contributed by atoms with Crippen molar-refractivity contribution in [1.82, 2.24) is 15.0 Å². The summed E-state index contributed by atoms with van der Waals surface area (Å²) >= 11 is 0. The summed E-state index contributed by atoms with van der Waals surface area (Å²) in [6, 6.07) is 0. The predicted molar refractivity (Wildman–Crippen MR) is 75.4 cm³/mol. The zero-order valence-corrected chi connectivity index (χ0v) is 12.3. The van der Waals surface area contributed by atoms with Gasteiger partial charge in [-0.2, -0.15) is 0 Å². The van der Waals surface area contributed by atoms with E-state index in [0.29, 0.717) is 0 Å². The van der Waals surface area contributed by atoms with Gasteiger partial charge in [0.05, 0.1) is 19.5 Å². The van der Waals surface area contributed by atoms with Gasteiger partial charge in [0.2, 0.25) is 5.82 Å². The Hall–Kier alpha value is -2.12. The lowest BCUT2D eigenvalue weighted by Crippen LogP contribution is -2.48. The minimum Gasteiger partial charge on any atom is -0.394 e. The van der Waals surface area contributed by atoms with Crippen molar-refractivity contribution >= 4 is 11.7 Å². The number of primary amides is 1. The van der Waals surface area contributed by atoms with Gasteiger partial charge in [-0.1, -0.05) is 5.22 Å². The van der Waals surface area contributed by atoms with Gasteiger partial charge < -0.3 is 36.3 Å². The van der Waals surface area contributed by atoms with Crippen molar-refractivity contribution in [2.45, 2.75) is 24.4 Å². The third-order valence-corrected chi connectivity index (χ3v) is 2.93. The number of aliphatic hydroxyl groups excluding tert-OH is 5. The van der Waals surface area contributed by atoms with Crippen LogP contribution in [0.5, 0.6) is 0 Å². The molecule has 0 spiro atoms. The molecule has 1 aromatic heterocycles. The lowest BCUT2D eigenvalue weighted by Gasteiger charge is -2.27. The molecule has 0 aromatic carbocycles. The first-order valence-electron chi connectivity index (χ1n) is 6.57. The van der Waals surface area contributed by atoms with Crippen LogP contribution in [0.4, 0.5) is 5.82 Å². The van der Waals surface area contributed by atoms with Gasteiger partial charge in [-0.05, 0) is 0 Å². The number of nitrogens with two attached hydrogens (primary N) is 1. The molecule has 0 aliphatic carbocycles. The van der Waals surface area contributed by atoms with E-state index >= 15 is 0 Å². The predicted octanol–water partition coefficient (Wildman–Crippen LogP) is -3.12. The Labute approximate surface area is 130 Å². The number of carbonyl (C=O) groups is 1. The van der Waals surface area contributed by atoms with Crippen molar-refractivity contribution in [2.75, 3.05) is 20.2 Å². The van der Waals surface area contributed by atoms with Gasteiger partial charge in [-0.15, -0.1) is 5.11 Å². The molecule has 0 radical (unpaired) electrons. The first-order chi connectivity index (χ1) is 10.8. The number of hydrogen-bond donors (Lipinski definition) is 7. The Kier molecular flexibility index (Phi) is 6.99. The molecule has 0 saturated heterocycles. The van der Waals surface area contributed by atoms with Gasteiger partial charge in [0, 0.05) is 7.05 Å². The van der Waals surface area contributed by atoms with Crippen LogP contribution in [0.3, 0.4) is 0 Å². The average molecular weight is 332 g/mol. The zero-order valence-electron chi connectivity index (χ0n) is 12.3. The number of amides is 1. The second-order valence-electron chi connectivity index (χ2n) is 4.79. The quantitative estimate of drug-likeness (QED) is 0.182. The van der Waals surface area contributed by atoms with Crippen molar-refractivity contribution in [3.05, 3.63) is 12.0 Å². The third kappa shape index (κ3) is 5.22. The van der Waals surface area contributed by atoms with Crippen molar-refractivity contribution < 1.29 is 30.3 Å². The number of likely N-dealkylation sites (N-methyl/N-ethyl adjacent to an activating group) is 1. The molecule has 130 valence electrons. The van der Waals surface area contributed by atoms with Crippen molar-refractivity contribution in [2.24, 2.45) is 16.1 Å². The van der Waals surface area contributed by atoms with Crippen LogP contribution in [0.15, 0.2) is 16.7 Å². The zero-order chi connectivity index (χ0) is 17.6. The van der Waals surface area contributed by atoms with Crippen LogP contribution in [0.2, 0.25) is 0 Å². The Morgan fingerprint density at radius 3 is 2.52 bits per heavy atom. The van der Waals surface area contributed by atoms with Crippen molar-refractivity contribution in [1.29, 1.82) is 0 Å². The highest BCUT2D eigenvalue weighted by Gasteiger charge is 2.30. The molecular formula is C11H20N6O6. The van der Waals surface area contributed by atoms with Crippen LogP contribution < -0.4 is 5.73 Å². The number of aromatic amines is 1. The lowest BCUT2D eigenvalue weighted by molar-refractivity contribution is -0.118. The van der Waals surface area contributed by atoms with Crippen LogP contribution in [0.25, 0.3) is 0 Å². The van der Waals surface area contributed by atoms with Gasteiger partial charge in [0.25, 0.3) is 5.91 Å². The molecule has 0 bridgehead atoms. The van der Waals surface area contributed by atoms with Crippen LogP contribution in [-0.4, -0.2) is 91.0 Å². The van der Waals surface area contributed by atoms with E-state index in [9.17, 15) is 25.2 Å². The smallest absolute Gasteiger partial charge is 0.269 e. The maximum absolute atomic E-state index is 11.1. The van der Waals surface area contributed by atoms with Gasteiger partial charge in [0.1, 0.15) is 24.4 Å². The number of H-pyrrole nitrogens is 1. The molecule has 4 atom stereocenters. The van der Waals surface area contributed by atoms with Crippen LogP contribution in [0.1, 0.15) is 10.5 Å². The summed E-state index contributed by atoms with van der Waals surface area (Å²) in [5, 5.41) is 55.2. The summed E-state index contributed by atoms with van der Waals surface area (Å²) in [7, 11) is 1.41. The normalized spacial score (nSPS) is 17.0. The highest BCUT2D eigenvalue weighted by molar-refractivity contribution is 5.94. The number of nitrogens with zero attached hydrogens (tertiary/aromatic N) is 4. The second-order valence-corrected chi connectivity index (χ2v) is 4.79. The standard InChI is InChI=1S/C11H20N6O6/c1-17(2-5(19)8(21)9(22)6(20)3-18)16-15-11-7(10(12)23)13-4-14-11/h4-6,8-9,18-22H,2-3H2,1H3,(H2,12,23)(H,13,14). The molecule has 1 amide bonds. The fraction of sp³-hybridized carbons (Fsp3) is 0.636. The molecular weight excluding hydrogens is 312 g/mol. The number of nitrogens with one attached hydrogen (secondary N) is 1. The van der Waals surface area contributed by atoms with Gasteiger partial charge in [-0.3, -0.25) is 9.80 Å². The molecule has 23 heavy (non-hydrogen) atoms. The number of aromatic nitrogens is 2. The number of carbonyl (C=O) groups excluding carboxylic acids is 1. The first-order valence-corrected chi connectivity index (χ1v) is 6.57. The minimum absolute atomic E-state index is 0.0378. The fourth-order valence-electron chi connectivity index (χ4n) is 1.64. The molecule has 0 aliphatic rings. The average Bonchev–Trinajstić information content (AvgIpc) is 2.99. The highest BCUT2D eigenvalue weighted by Crippen LogP contribution is 2.14. The molecule has 0 saturated carbocycles. The molecule has 1 aromatic rings. The summed E-state index contributed by atoms with van der Waals surface area (Å²) in [5.41, 5.74) is 5.05. The van der Waals surface area contributed by atoms with E-state index < -0.39 is 36.9 Å². The van der Waals surface area contributed by atoms with Gasteiger partial charge in [-0.25, -0.2) is 4.98 Å². The summed E-state index contributed by atoms with van der Waals surface area (Å²) in [4.78, 5) is 17.3. The second kappa shape index (κ2) is 8.50. The van der Waals surface area contributed by atoms with Crippen molar-refractivity contribution in [3.8, 4) is 0 Å². The van der Waals surface area contributed by atoms with Crippen LogP contribution in [0, 0.1) is 0 Å². The summed E-state index contributed by atoms with van der Waals surface area (Å²) in [6.07, 6.45) is -5.30. The maximum Gasteiger partial charge on any atom is 0.269 e. The fourth-order valence-corrected chi connectivity index (χ4v) is 1.64. The van der Waals surface area contributed by atoms with E-state index in [1.54, 1.807) is 0 Å². The minimum atomic E-state index is -1.73. The lowest BCUT2D eigenvalue weighted by atomic mass is 10.0. The van der Waals surface area contributed by atoms with Gasteiger partial charge in [0.15, 0.2) is 5.69 Å². The van der Waals surface area contributed by atoms with E-state index in [1.165, 1.54) is 13.4 Å². The van der Waals surface area contributed by atoms with E-state index in [1.807, 2.05) is 0 Å². The number of rotatable bonds is 9. The molecule has 4 unspecified atom stereocenters. The molecule has 0 fully saturated rings. The Morgan fingerprint density at radius 2 is 1.96 bits per heavy atom. The van der Waals surface area contributed by atoms with E-state index in [0.717, 1.165) is 5.01 Å². The summed E-state index contributed by atoms with van der Waals surface area (Å²) in [6.45, 7) is -1.02. The molecule has 0 aliphatic heterocycles. The molecule has 1 rings (SSSR count). The molecule has 1 heterocycles. The Bertz CT molecular complexity index is 537. The van der Waals surface area contributed by atoms with E-state index in [-0.39, 0.29) is 18.1 Å². The summed E-state index contributed by atoms with van der Waals surface area (Å²) in [5.74, 6) is -0.814. The highest BCUT2D eigenvalue weighted by atomic mass is 16.4. The van der Waals surface area contributed by atoms with Crippen LogP contribution >= 0.6 is 0 Å². The number of aliphatic hydroxyl groups is 5. The maximum atomic E-state index is 11.1. The molecule has 12 heteroatoms. The monoisotopic (exact) mass is 332 g/mol. The third-order valence-electron chi connectivity index (χ3n) is 2.93. The van der Waals surface area contributed by atoms with E-state index in [4.69, 9.17) is 10.8 Å². The summed E-state index contributed by atoms with van der Waals surface area (Å²) < 4.78 is 0. The first kappa shape index (κ1) is 18.9. The van der Waals surface area contributed by atoms with Crippen LogP contribution in [-0.2, 0) is 0 Å². The Morgan fingerprint density at radius 1 is 1.35 bits per heavy atom. The topological polar surface area (TPSA) is 201 Å². The molecule has 12 nitrogen and oxygen atoms in total. The molecule has 8 N–H and O–H groups in total. The Balaban J connectivity index is 2.61. The van der Waals surface area contributed by atoms with Crippen molar-refractivity contribution in [3.63, 3.8) is 0 Å².